The Hall–Kier alpha value is -1.14. The van der Waals surface area contributed by atoms with Gasteiger partial charge in [0.1, 0.15) is 0 Å². The van der Waals surface area contributed by atoms with Crippen molar-refractivity contribution in [1.29, 1.82) is 0 Å². The fourth-order valence-electron chi connectivity index (χ4n) is 1.35. The van der Waals surface area contributed by atoms with Gasteiger partial charge in [-0.25, -0.2) is 4.79 Å². The molecule has 1 aliphatic heterocycles. The van der Waals surface area contributed by atoms with Gasteiger partial charge in [0.2, 0.25) is 5.91 Å². The number of imide groups is 1. The molecule has 0 unspecified atom stereocenters. The third-order valence-electron chi connectivity index (χ3n) is 3.02. The topological polar surface area (TPSA) is 72.9 Å². The molecule has 0 saturated carbocycles. The van der Waals surface area contributed by atoms with E-state index >= 15 is 0 Å². The van der Waals surface area contributed by atoms with E-state index in [1.54, 1.807) is 0 Å². The summed E-state index contributed by atoms with van der Waals surface area (Å²) in [4.78, 5) is 25.7. The number of hydrogen-bond acceptors (Lipinski definition) is 4. The number of likely N-dealkylation sites (N-methyl/N-ethyl adjacent to an activating group) is 1. The summed E-state index contributed by atoms with van der Waals surface area (Å²) in [6.07, 6.45) is 0. The Balaban J connectivity index is 2.45. The summed E-state index contributed by atoms with van der Waals surface area (Å²) in [7, 11) is 1.86. The second kappa shape index (κ2) is 4.80. The lowest BCUT2D eigenvalue weighted by atomic mass is 10.1. The number of carbonyl (C=O) groups excluding carboxylic acids is 2. The van der Waals surface area contributed by atoms with Gasteiger partial charge < -0.3 is 10.4 Å². The number of carbonyl (C=O) groups is 2. The molecule has 0 radical (unpaired) electrons. The van der Waals surface area contributed by atoms with Crippen LogP contribution in [0.2, 0.25) is 0 Å². The van der Waals surface area contributed by atoms with E-state index in [0.717, 1.165) is 0 Å². The van der Waals surface area contributed by atoms with Gasteiger partial charge in [-0.05, 0) is 20.9 Å². The number of aliphatic hydroxyl groups excluding tert-OH is 1. The highest BCUT2D eigenvalue weighted by molar-refractivity contribution is 6.01. The molecular weight excluding hydrogens is 210 g/mol. The number of amides is 3. The third-order valence-corrected chi connectivity index (χ3v) is 3.02. The zero-order chi connectivity index (χ0) is 12.3. The number of nitrogens with one attached hydrogen (secondary N) is 1. The monoisotopic (exact) mass is 229 g/mol. The molecular formula is C10H19N3O3. The van der Waals surface area contributed by atoms with Crippen molar-refractivity contribution < 1.29 is 14.7 Å². The predicted octanol–water partition coefficient (Wildman–Crippen LogP) is -0.759. The van der Waals surface area contributed by atoms with Crippen LogP contribution in [-0.2, 0) is 4.79 Å². The van der Waals surface area contributed by atoms with E-state index < -0.39 is 0 Å². The highest BCUT2D eigenvalue weighted by Gasteiger charge is 2.30. The first-order chi connectivity index (χ1) is 7.38. The molecule has 0 spiro atoms. The van der Waals surface area contributed by atoms with E-state index in [-0.39, 0.29) is 30.6 Å². The molecule has 16 heavy (non-hydrogen) atoms. The van der Waals surface area contributed by atoms with Crippen molar-refractivity contribution in [2.24, 2.45) is 0 Å². The minimum Gasteiger partial charge on any atom is -0.394 e. The molecule has 0 bridgehead atoms. The fraction of sp³-hybridized carbons (Fsp3) is 0.800. The summed E-state index contributed by atoms with van der Waals surface area (Å²) in [6.45, 7) is 4.82. The maximum Gasteiger partial charge on any atom is 0.324 e. The number of aliphatic hydroxyl groups is 1. The van der Waals surface area contributed by atoms with E-state index in [0.29, 0.717) is 13.1 Å². The summed E-state index contributed by atoms with van der Waals surface area (Å²) in [6, 6.07) is -0.333. The molecule has 1 saturated heterocycles. The smallest absolute Gasteiger partial charge is 0.324 e. The van der Waals surface area contributed by atoms with Crippen molar-refractivity contribution >= 4 is 11.9 Å². The molecule has 0 aliphatic carbocycles. The highest BCUT2D eigenvalue weighted by Crippen LogP contribution is 2.11. The van der Waals surface area contributed by atoms with E-state index in [4.69, 9.17) is 5.11 Å². The van der Waals surface area contributed by atoms with Crippen LogP contribution < -0.4 is 5.32 Å². The Morgan fingerprint density at radius 3 is 2.56 bits per heavy atom. The summed E-state index contributed by atoms with van der Waals surface area (Å²) in [5.74, 6) is -0.194. The van der Waals surface area contributed by atoms with E-state index in [9.17, 15) is 9.59 Å². The zero-order valence-corrected chi connectivity index (χ0v) is 9.99. The van der Waals surface area contributed by atoms with E-state index in [2.05, 4.69) is 5.32 Å². The van der Waals surface area contributed by atoms with Gasteiger partial charge >= 0.3 is 6.03 Å². The maximum absolute atomic E-state index is 11.3. The molecule has 92 valence electrons. The second-order valence-electron chi connectivity index (χ2n) is 4.60. The Kier molecular flexibility index (Phi) is 3.88. The van der Waals surface area contributed by atoms with Gasteiger partial charge in [0.15, 0.2) is 0 Å². The van der Waals surface area contributed by atoms with Gasteiger partial charge in [-0.1, -0.05) is 0 Å². The number of nitrogens with zero attached hydrogens (tertiary/aromatic N) is 2. The predicted molar refractivity (Wildman–Crippen MR) is 58.9 cm³/mol. The minimum atomic E-state index is -0.348. The van der Waals surface area contributed by atoms with Crippen molar-refractivity contribution in [2.75, 3.05) is 33.3 Å². The normalized spacial score (nSPS) is 17.2. The lowest BCUT2D eigenvalue weighted by molar-refractivity contribution is -0.125. The number of urea groups is 1. The summed E-state index contributed by atoms with van der Waals surface area (Å²) >= 11 is 0. The Morgan fingerprint density at radius 1 is 1.50 bits per heavy atom. The first kappa shape index (κ1) is 12.9. The van der Waals surface area contributed by atoms with Crippen LogP contribution in [-0.4, -0.2) is 65.7 Å². The van der Waals surface area contributed by atoms with Crippen molar-refractivity contribution in [1.82, 2.24) is 15.1 Å². The van der Waals surface area contributed by atoms with Gasteiger partial charge in [-0.15, -0.1) is 0 Å². The van der Waals surface area contributed by atoms with Gasteiger partial charge in [-0.3, -0.25) is 14.6 Å². The average molecular weight is 229 g/mol. The molecule has 1 rings (SSSR count). The molecule has 0 aromatic rings. The van der Waals surface area contributed by atoms with Crippen LogP contribution in [0, 0.1) is 0 Å². The van der Waals surface area contributed by atoms with Crippen LogP contribution in [0.5, 0.6) is 0 Å². The molecule has 6 heteroatoms. The Morgan fingerprint density at radius 2 is 2.12 bits per heavy atom. The van der Waals surface area contributed by atoms with Gasteiger partial charge in [-0.2, -0.15) is 0 Å². The van der Waals surface area contributed by atoms with Crippen molar-refractivity contribution in [3.8, 4) is 0 Å². The lowest BCUT2D eigenvalue weighted by Gasteiger charge is -2.34. The quantitative estimate of drug-likeness (QED) is 0.608. The van der Waals surface area contributed by atoms with Gasteiger partial charge in [0.05, 0.1) is 13.2 Å². The summed E-state index contributed by atoms with van der Waals surface area (Å²) < 4.78 is 0. The van der Waals surface area contributed by atoms with Gasteiger partial charge in [0.25, 0.3) is 0 Å². The molecule has 1 heterocycles. The third kappa shape index (κ3) is 2.70. The minimum absolute atomic E-state index is 0.0314. The zero-order valence-electron chi connectivity index (χ0n) is 9.99. The van der Waals surface area contributed by atoms with E-state index in [1.165, 1.54) is 4.90 Å². The lowest BCUT2D eigenvalue weighted by Crippen LogP contribution is -2.48. The van der Waals surface area contributed by atoms with Gasteiger partial charge in [0, 0.05) is 18.6 Å². The molecule has 1 aliphatic rings. The SMILES string of the molecule is CN(CCN1C(=O)CNC1=O)C(C)(C)CO. The molecule has 6 nitrogen and oxygen atoms in total. The standard InChI is InChI=1S/C10H19N3O3/c1-10(2,7-14)12(3)4-5-13-8(15)6-11-9(13)16/h14H,4-7H2,1-3H3,(H,11,16). The van der Waals surface area contributed by atoms with Crippen LogP contribution in [0.15, 0.2) is 0 Å². The Bertz CT molecular complexity index is 275. The van der Waals surface area contributed by atoms with Crippen LogP contribution in [0.25, 0.3) is 0 Å². The first-order valence-electron chi connectivity index (χ1n) is 5.29. The van der Waals surface area contributed by atoms with Crippen LogP contribution in [0.1, 0.15) is 13.8 Å². The molecule has 0 aromatic carbocycles. The molecule has 0 atom stereocenters. The van der Waals surface area contributed by atoms with Crippen LogP contribution >= 0.6 is 0 Å². The molecule has 0 aromatic heterocycles. The number of rotatable bonds is 5. The van der Waals surface area contributed by atoms with Crippen molar-refractivity contribution in [3.05, 3.63) is 0 Å². The number of hydrogen-bond donors (Lipinski definition) is 2. The highest BCUT2D eigenvalue weighted by atomic mass is 16.3. The van der Waals surface area contributed by atoms with Crippen molar-refractivity contribution in [3.63, 3.8) is 0 Å². The molecule has 1 fully saturated rings. The van der Waals surface area contributed by atoms with E-state index in [1.807, 2.05) is 25.8 Å². The maximum atomic E-state index is 11.3. The average Bonchev–Trinajstić information content (AvgIpc) is 2.55. The molecule has 2 N–H and O–H groups in total. The summed E-state index contributed by atoms with van der Waals surface area (Å²) in [5, 5.41) is 11.6. The van der Waals surface area contributed by atoms with Crippen LogP contribution in [0.3, 0.4) is 0 Å². The Labute approximate surface area is 95.2 Å². The molecule has 3 amide bonds. The van der Waals surface area contributed by atoms with Crippen molar-refractivity contribution in [2.45, 2.75) is 19.4 Å². The summed E-state index contributed by atoms with van der Waals surface area (Å²) in [5.41, 5.74) is -0.348. The van der Waals surface area contributed by atoms with Crippen LogP contribution in [0.4, 0.5) is 4.79 Å². The largest absolute Gasteiger partial charge is 0.394 e. The fourth-order valence-corrected chi connectivity index (χ4v) is 1.35. The first-order valence-corrected chi connectivity index (χ1v) is 5.29. The second-order valence-corrected chi connectivity index (χ2v) is 4.60.